The standard InChI is InChI=1S/C28H41N3O7/c1-2-27-9-4-3-7-18-37-26(35)22(27)21-24(33)31(12-5-6-17-32)23-25(34)30(11-8-10-28(21,23)38-27)14-13-29-15-19-36-20-16-29/h4,8-10,21-23,32H,2-3,5-7,11-20H2,1H3/b9-4-/t21-,22+,23?,27-,28-/m0/s1. The number of aliphatic hydroxyl groups is 1. The molecule has 1 spiro atoms. The number of unbranched alkanes of at least 4 members (excludes halogenated alkanes) is 1. The van der Waals surface area contributed by atoms with Crippen molar-refractivity contribution in [3.63, 3.8) is 0 Å². The summed E-state index contributed by atoms with van der Waals surface area (Å²) >= 11 is 0. The van der Waals surface area contributed by atoms with Gasteiger partial charge in [-0.15, -0.1) is 0 Å². The predicted octanol–water partition coefficient (Wildman–Crippen LogP) is 0.744. The van der Waals surface area contributed by atoms with Gasteiger partial charge in [0.2, 0.25) is 11.8 Å². The van der Waals surface area contributed by atoms with E-state index in [1.165, 1.54) is 0 Å². The molecule has 3 fully saturated rings. The van der Waals surface area contributed by atoms with Gasteiger partial charge in [0, 0.05) is 45.9 Å². The van der Waals surface area contributed by atoms with E-state index >= 15 is 0 Å². The molecule has 5 heterocycles. The fourth-order valence-electron chi connectivity index (χ4n) is 6.84. The number of morpholine rings is 1. The first-order valence-electron chi connectivity index (χ1n) is 14.2. The highest BCUT2D eigenvalue weighted by molar-refractivity contribution is 5.99. The van der Waals surface area contributed by atoms with E-state index < -0.39 is 35.0 Å². The molecule has 0 aromatic heterocycles. The van der Waals surface area contributed by atoms with Crippen molar-refractivity contribution in [2.45, 2.75) is 56.3 Å². The molecule has 0 aromatic carbocycles. The van der Waals surface area contributed by atoms with E-state index in [2.05, 4.69) is 4.90 Å². The van der Waals surface area contributed by atoms with E-state index in [-0.39, 0.29) is 18.4 Å². The average molecular weight is 532 g/mol. The van der Waals surface area contributed by atoms with Gasteiger partial charge in [-0.2, -0.15) is 0 Å². The summed E-state index contributed by atoms with van der Waals surface area (Å²) in [6, 6.07) is -0.873. The summed E-state index contributed by atoms with van der Waals surface area (Å²) in [6.07, 6.45) is 10.8. The molecule has 0 bridgehead atoms. The van der Waals surface area contributed by atoms with E-state index in [0.29, 0.717) is 65.1 Å². The highest BCUT2D eigenvalue weighted by atomic mass is 16.6. The van der Waals surface area contributed by atoms with Crippen LogP contribution in [0.3, 0.4) is 0 Å². The van der Waals surface area contributed by atoms with Crippen LogP contribution < -0.4 is 0 Å². The van der Waals surface area contributed by atoms with E-state index in [1.807, 2.05) is 36.1 Å². The van der Waals surface area contributed by atoms with Crippen molar-refractivity contribution >= 4 is 17.8 Å². The summed E-state index contributed by atoms with van der Waals surface area (Å²) in [6.45, 7) is 7.28. The van der Waals surface area contributed by atoms with Crippen LogP contribution in [-0.2, 0) is 28.6 Å². The zero-order valence-corrected chi connectivity index (χ0v) is 22.4. The molecule has 5 rings (SSSR count). The van der Waals surface area contributed by atoms with Crippen LogP contribution in [0.1, 0.15) is 39.0 Å². The first-order valence-corrected chi connectivity index (χ1v) is 14.2. The van der Waals surface area contributed by atoms with E-state index in [0.717, 1.165) is 26.1 Å². The molecule has 1 N–H and O–H groups in total. The molecule has 10 heteroatoms. The van der Waals surface area contributed by atoms with Gasteiger partial charge in [-0.1, -0.05) is 31.2 Å². The molecule has 0 saturated carbocycles. The Morgan fingerprint density at radius 1 is 0.974 bits per heavy atom. The largest absolute Gasteiger partial charge is 0.465 e. The number of cyclic esters (lactones) is 1. The summed E-state index contributed by atoms with van der Waals surface area (Å²) in [7, 11) is 0. The molecular weight excluding hydrogens is 490 g/mol. The van der Waals surface area contributed by atoms with Crippen molar-refractivity contribution in [1.82, 2.24) is 14.7 Å². The molecule has 5 atom stereocenters. The SMILES string of the molecule is CC[C@]12/C=C\CCCOC(=O)[C@H]1[C@H]1C(=O)N(CCCCO)C3C(=O)N(CCN4CCOCC4)CC=C[C@@]31O2. The number of hydrogen-bond acceptors (Lipinski definition) is 8. The first kappa shape index (κ1) is 27.3. The molecule has 1 unspecified atom stereocenters. The van der Waals surface area contributed by atoms with Crippen molar-refractivity contribution in [2.24, 2.45) is 11.8 Å². The Hall–Kier alpha value is -2.27. The monoisotopic (exact) mass is 531 g/mol. The zero-order chi connectivity index (χ0) is 26.8. The maximum atomic E-state index is 14.3. The molecule has 38 heavy (non-hydrogen) atoms. The highest BCUT2D eigenvalue weighted by Crippen LogP contribution is 2.58. The number of allylic oxidation sites excluding steroid dienone is 1. The highest BCUT2D eigenvalue weighted by Gasteiger charge is 2.75. The Kier molecular flexibility index (Phi) is 8.23. The lowest BCUT2D eigenvalue weighted by Crippen LogP contribution is -2.57. The van der Waals surface area contributed by atoms with Gasteiger partial charge < -0.3 is 29.1 Å². The van der Waals surface area contributed by atoms with Gasteiger partial charge in [0.25, 0.3) is 0 Å². The molecular formula is C28H41N3O7. The van der Waals surface area contributed by atoms with Gasteiger partial charge >= 0.3 is 5.97 Å². The topological polar surface area (TPSA) is 109 Å². The predicted molar refractivity (Wildman–Crippen MR) is 138 cm³/mol. The van der Waals surface area contributed by atoms with Crippen molar-refractivity contribution in [3.8, 4) is 0 Å². The zero-order valence-electron chi connectivity index (χ0n) is 22.4. The lowest BCUT2D eigenvalue weighted by Gasteiger charge is -2.38. The quantitative estimate of drug-likeness (QED) is 0.278. The maximum Gasteiger partial charge on any atom is 0.313 e. The van der Waals surface area contributed by atoms with E-state index in [1.54, 1.807) is 4.90 Å². The number of fused-ring (bicyclic) bond motifs is 2. The maximum absolute atomic E-state index is 14.3. The normalized spacial score (nSPS) is 36.6. The van der Waals surface area contributed by atoms with Crippen LogP contribution in [-0.4, -0.2) is 121 Å². The van der Waals surface area contributed by atoms with Gasteiger partial charge in [-0.25, -0.2) is 0 Å². The lowest BCUT2D eigenvalue weighted by atomic mass is 9.73. The van der Waals surface area contributed by atoms with Gasteiger partial charge in [-0.05, 0) is 32.1 Å². The number of hydrogen-bond donors (Lipinski definition) is 1. The number of aliphatic hydroxyl groups excluding tert-OH is 1. The van der Waals surface area contributed by atoms with Gasteiger partial charge in [0.1, 0.15) is 23.2 Å². The van der Waals surface area contributed by atoms with Gasteiger partial charge in [0.15, 0.2) is 0 Å². The minimum absolute atomic E-state index is 0.00990. The second-order valence-electron chi connectivity index (χ2n) is 10.9. The van der Waals surface area contributed by atoms with Crippen LogP contribution in [0.15, 0.2) is 24.3 Å². The summed E-state index contributed by atoms with van der Waals surface area (Å²) in [5.74, 6) is -2.52. The molecule has 0 aliphatic carbocycles. The summed E-state index contributed by atoms with van der Waals surface area (Å²) in [5, 5.41) is 9.37. The van der Waals surface area contributed by atoms with Crippen molar-refractivity contribution in [1.29, 1.82) is 0 Å². The number of carbonyl (C=O) groups is 3. The van der Waals surface area contributed by atoms with Crippen molar-refractivity contribution in [2.75, 3.05) is 65.7 Å². The van der Waals surface area contributed by atoms with Gasteiger partial charge in [0.05, 0.1) is 25.7 Å². The van der Waals surface area contributed by atoms with Crippen molar-refractivity contribution in [3.05, 3.63) is 24.3 Å². The summed E-state index contributed by atoms with van der Waals surface area (Å²) in [5.41, 5.74) is -2.28. The Morgan fingerprint density at radius 2 is 1.79 bits per heavy atom. The summed E-state index contributed by atoms with van der Waals surface area (Å²) < 4.78 is 18.0. The Balaban J connectivity index is 1.51. The number of likely N-dealkylation sites (tertiary alicyclic amines) is 1. The smallest absolute Gasteiger partial charge is 0.313 e. The number of nitrogens with zero attached hydrogens (tertiary/aromatic N) is 3. The fraction of sp³-hybridized carbons (Fsp3) is 0.750. The second kappa shape index (κ2) is 11.5. The Labute approximate surface area is 224 Å². The summed E-state index contributed by atoms with van der Waals surface area (Å²) in [4.78, 5) is 47.7. The molecule has 5 aliphatic rings. The van der Waals surface area contributed by atoms with E-state index in [4.69, 9.17) is 14.2 Å². The molecule has 10 nitrogen and oxygen atoms in total. The molecule has 0 radical (unpaired) electrons. The second-order valence-corrected chi connectivity index (χ2v) is 10.9. The molecule has 2 amide bonds. The molecule has 3 saturated heterocycles. The number of carbonyl (C=O) groups excluding carboxylic acids is 3. The van der Waals surface area contributed by atoms with Crippen LogP contribution in [0.5, 0.6) is 0 Å². The molecule has 210 valence electrons. The average Bonchev–Trinajstić information content (AvgIpc) is 3.30. The van der Waals surface area contributed by atoms with Crippen LogP contribution >= 0.6 is 0 Å². The minimum atomic E-state index is -1.26. The fourth-order valence-corrected chi connectivity index (χ4v) is 6.84. The molecule has 5 aliphatic heterocycles. The van der Waals surface area contributed by atoms with Crippen LogP contribution in [0.4, 0.5) is 0 Å². The molecule has 0 aromatic rings. The first-order chi connectivity index (χ1) is 18.5. The number of esters is 1. The number of rotatable bonds is 8. The lowest BCUT2D eigenvalue weighted by molar-refractivity contribution is -0.161. The van der Waals surface area contributed by atoms with Crippen LogP contribution in [0.25, 0.3) is 0 Å². The number of amides is 2. The van der Waals surface area contributed by atoms with Crippen LogP contribution in [0, 0.1) is 11.8 Å². The van der Waals surface area contributed by atoms with Crippen molar-refractivity contribution < 1.29 is 33.7 Å². The van der Waals surface area contributed by atoms with E-state index in [9.17, 15) is 19.5 Å². The third kappa shape index (κ3) is 4.69. The third-order valence-corrected chi connectivity index (χ3v) is 8.81. The van der Waals surface area contributed by atoms with Gasteiger partial charge in [-0.3, -0.25) is 19.3 Å². The third-order valence-electron chi connectivity index (χ3n) is 8.81. The van der Waals surface area contributed by atoms with Crippen LogP contribution in [0.2, 0.25) is 0 Å². The number of ether oxygens (including phenoxy) is 3. The minimum Gasteiger partial charge on any atom is -0.465 e. The Bertz CT molecular complexity index is 964. The Morgan fingerprint density at radius 3 is 2.55 bits per heavy atom.